The molecule has 0 saturated carbocycles. The molecule has 0 atom stereocenters. The number of primary sulfonamides is 1. The fourth-order valence-electron chi connectivity index (χ4n) is 2.17. The molecule has 1 aliphatic heterocycles. The van der Waals surface area contributed by atoms with E-state index in [1.807, 2.05) is 0 Å². The van der Waals surface area contributed by atoms with Crippen molar-refractivity contribution in [1.29, 1.82) is 0 Å². The number of amides is 1. The van der Waals surface area contributed by atoms with Gasteiger partial charge in [-0.25, -0.2) is 13.6 Å². The number of rotatable bonds is 2. The Hall–Kier alpha value is -1.55. The van der Waals surface area contributed by atoms with Gasteiger partial charge in [0.25, 0.3) is 15.9 Å². The second kappa shape index (κ2) is 5.34. The predicted molar refractivity (Wildman–Crippen MR) is 64.8 cm³/mol. The summed E-state index contributed by atoms with van der Waals surface area (Å²) in [5.41, 5.74) is -0.0514. The van der Waals surface area contributed by atoms with Gasteiger partial charge in [-0.3, -0.25) is 4.79 Å². The topological polar surface area (TPSA) is 93.6 Å². The van der Waals surface area contributed by atoms with Crippen molar-refractivity contribution in [3.63, 3.8) is 0 Å². The van der Waals surface area contributed by atoms with Crippen molar-refractivity contribution in [2.24, 2.45) is 11.1 Å². The van der Waals surface area contributed by atoms with Crippen LogP contribution >= 0.6 is 0 Å². The Morgan fingerprint density at radius 1 is 1.33 bits per heavy atom. The molecule has 6 nitrogen and oxygen atoms in total. The molecule has 0 aliphatic carbocycles. The van der Waals surface area contributed by atoms with Gasteiger partial charge in [0.05, 0.1) is 11.5 Å². The normalized spacial score (nSPS) is 18.0. The zero-order valence-corrected chi connectivity index (χ0v) is 11.6. The average Bonchev–Trinajstić information content (AvgIpc) is 2.86. The molecular formula is C11H13F3N2O4S. The van der Waals surface area contributed by atoms with Gasteiger partial charge in [0.1, 0.15) is 6.26 Å². The van der Waals surface area contributed by atoms with Crippen molar-refractivity contribution in [2.45, 2.75) is 24.1 Å². The number of piperidine rings is 1. The molecule has 1 amide bonds. The summed E-state index contributed by atoms with van der Waals surface area (Å²) in [4.78, 5) is 13.3. The highest BCUT2D eigenvalue weighted by atomic mass is 32.2. The number of alkyl halides is 3. The molecule has 0 aromatic carbocycles. The molecule has 1 saturated heterocycles. The number of nitrogens with two attached hydrogens (primary N) is 1. The Morgan fingerprint density at radius 2 is 1.90 bits per heavy atom. The lowest BCUT2D eigenvalue weighted by molar-refractivity contribution is -0.183. The first-order valence-electron chi connectivity index (χ1n) is 6.06. The predicted octanol–water partition coefficient (Wildman–Crippen LogP) is 1.34. The van der Waals surface area contributed by atoms with Gasteiger partial charge < -0.3 is 9.32 Å². The van der Waals surface area contributed by atoms with E-state index in [1.54, 1.807) is 0 Å². The maximum Gasteiger partial charge on any atom is 0.391 e. The van der Waals surface area contributed by atoms with Crippen LogP contribution in [0.1, 0.15) is 23.2 Å². The van der Waals surface area contributed by atoms with Gasteiger partial charge in [-0.15, -0.1) is 0 Å². The first-order valence-corrected chi connectivity index (χ1v) is 7.61. The van der Waals surface area contributed by atoms with Crippen LogP contribution in [-0.2, 0) is 10.0 Å². The quantitative estimate of drug-likeness (QED) is 0.887. The van der Waals surface area contributed by atoms with Crippen molar-refractivity contribution in [3.05, 3.63) is 17.9 Å². The van der Waals surface area contributed by atoms with Crippen LogP contribution in [0.15, 0.2) is 21.8 Å². The Bertz CT molecular complexity index is 630. The van der Waals surface area contributed by atoms with Crippen LogP contribution in [0.3, 0.4) is 0 Å². The summed E-state index contributed by atoms with van der Waals surface area (Å²) >= 11 is 0. The molecule has 1 aromatic heterocycles. The summed E-state index contributed by atoms with van der Waals surface area (Å²) in [6.45, 7) is -0.0855. The Morgan fingerprint density at radius 3 is 2.33 bits per heavy atom. The summed E-state index contributed by atoms with van der Waals surface area (Å²) in [6, 6.07) is 0.966. The molecule has 2 rings (SSSR count). The number of halogens is 3. The number of hydrogen-bond donors (Lipinski definition) is 1. The standard InChI is InChI=1S/C11H13F3N2O4S/c12-11(13,14)8-1-3-16(4-2-8)10(17)7-5-9(20-6-7)21(15,18)19/h5-6,8H,1-4H2,(H2,15,18,19). The van der Waals surface area contributed by atoms with Crippen LogP contribution in [0.25, 0.3) is 0 Å². The second-order valence-corrected chi connectivity index (χ2v) is 6.30. The van der Waals surface area contributed by atoms with Gasteiger partial charge in [-0.05, 0) is 12.8 Å². The molecule has 118 valence electrons. The summed E-state index contributed by atoms with van der Waals surface area (Å²) in [5.74, 6) is -1.99. The van der Waals surface area contributed by atoms with Crippen molar-refractivity contribution in [3.8, 4) is 0 Å². The van der Waals surface area contributed by atoms with E-state index in [0.29, 0.717) is 0 Å². The molecule has 0 unspecified atom stereocenters. The number of sulfonamides is 1. The zero-order chi connectivity index (χ0) is 15.8. The first kappa shape index (κ1) is 15.8. The zero-order valence-electron chi connectivity index (χ0n) is 10.8. The number of hydrogen-bond acceptors (Lipinski definition) is 4. The Labute approximate surface area is 118 Å². The van der Waals surface area contributed by atoms with Crippen LogP contribution in [0.4, 0.5) is 13.2 Å². The number of carbonyl (C=O) groups is 1. The summed E-state index contributed by atoms with van der Waals surface area (Å²) in [5, 5.41) is 4.28. The van der Waals surface area contributed by atoms with Gasteiger partial charge in [0, 0.05) is 19.2 Å². The third kappa shape index (κ3) is 3.56. The summed E-state index contributed by atoms with van der Waals surface area (Å²) in [7, 11) is -4.06. The van der Waals surface area contributed by atoms with E-state index in [9.17, 15) is 26.4 Å². The molecule has 1 aromatic rings. The molecule has 0 radical (unpaired) electrons. The highest BCUT2D eigenvalue weighted by Crippen LogP contribution is 2.34. The van der Waals surface area contributed by atoms with Gasteiger partial charge >= 0.3 is 6.18 Å². The van der Waals surface area contributed by atoms with E-state index in [0.717, 1.165) is 12.3 Å². The van der Waals surface area contributed by atoms with Crippen molar-refractivity contribution in [1.82, 2.24) is 4.90 Å². The summed E-state index contributed by atoms with van der Waals surface area (Å²) < 4.78 is 64.3. The molecule has 0 bridgehead atoms. The van der Waals surface area contributed by atoms with E-state index in [4.69, 9.17) is 5.14 Å². The third-order valence-electron chi connectivity index (χ3n) is 3.35. The highest BCUT2D eigenvalue weighted by molar-refractivity contribution is 7.89. The van der Waals surface area contributed by atoms with E-state index in [-0.39, 0.29) is 31.5 Å². The molecule has 0 spiro atoms. The van der Waals surface area contributed by atoms with Crippen LogP contribution in [0.5, 0.6) is 0 Å². The Kier molecular flexibility index (Phi) is 4.02. The second-order valence-electron chi connectivity index (χ2n) is 4.81. The number of carbonyl (C=O) groups excluding carboxylic acids is 1. The fourth-order valence-corrected chi connectivity index (χ4v) is 2.64. The number of nitrogens with zero attached hydrogens (tertiary/aromatic N) is 1. The lowest BCUT2D eigenvalue weighted by Crippen LogP contribution is -2.42. The Balaban J connectivity index is 2.04. The molecular weight excluding hydrogens is 313 g/mol. The molecule has 10 heteroatoms. The van der Waals surface area contributed by atoms with Crippen LogP contribution in [-0.4, -0.2) is 38.5 Å². The lowest BCUT2D eigenvalue weighted by Gasteiger charge is -2.32. The van der Waals surface area contributed by atoms with Crippen LogP contribution in [0, 0.1) is 5.92 Å². The highest BCUT2D eigenvalue weighted by Gasteiger charge is 2.41. The molecule has 2 N–H and O–H groups in total. The van der Waals surface area contributed by atoms with Crippen LogP contribution in [0.2, 0.25) is 0 Å². The first-order chi connectivity index (χ1) is 9.59. The smallest absolute Gasteiger partial charge is 0.391 e. The minimum atomic E-state index is -4.26. The van der Waals surface area contributed by atoms with E-state index < -0.39 is 33.1 Å². The number of likely N-dealkylation sites (tertiary alicyclic amines) is 1. The lowest BCUT2D eigenvalue weighted by atomic mass is 9.96. The molecule has 21 heavy (non-hydrogen) atoms. The monoisotopic (exact) mass is 326 g/mol. The minimum absolute atomic E-state index is 0.0428. The SMILES string of the molecule is NS(=O)(=O)c1cc(C(=O)N2CCC(C(F)(F)F)CC2)co1. The van der Waals surface area contributed by atoms with Crippen molar-refractivity contribution in [2.75, 3.05) is 13.1 Å². The third-order valence-corrected chi connectivity index (χ3v) is 4.12. The van der Waals surface area contributed by atoms with Gasteiger partial charge in [-0.2, -0.15) is 13.2 Å². The molecule has 1 fully saturated rings. The van der Waals surface area contributed by atoms with Crippen LogP contribution < -0.4 is 5.14 Å². The van der Waals surface area contributed by atoms with E-state index in [1.165, 1.54) is 4.90 Å². The van der Waals surface area contributed by atoms with Crippen molar-refractivity contribution < 1.29 is 30.8 Å². The largest absolute Gasteiger partial charge is 0.451 e. The maximum atomic E-state index is 12.5. The summed E-state index contributed by atoms with van der Waals surface area (Å²) in [6.07, 6.45) is -3.67. The van der Waals surface area contributed by atoms with E-state index in [2.05, 4.69) is 4.42 Å². The van der Waals surface area contributed by atoms with Gasteiger partial charge in [0.2, 0.25) is 5.09 Å². The molecule has 2 heterocycles. The molecule has 1 aliphatic rings. The fraction of sp³-hybridized carbons (Fsp3) is 0.545. The van der Waals surface area contributed by atoms with Gasteiger partial charge in [-0.1, -0.05) is 0 Å². The van der Waals surface area contributed by atoms with Gasteiger partial charge in [0.15, 0.2) is 0 Å². The van der Waals surface area contributed by atoms with E-state index >= 15 is 0 Å². The minimum Gasteiger partial charge on any atom is -0.451 e. The maximum absolute atomic E-state index is 12.5. The number of furan rings is 1. The van der Waals surface area contributed by atoms with Crippen molar-refractivity contribution >= 4 is 15.9 Å². The average molecular weight is 326 g/mol.